The number of carbonyl (C=O) groups is 1. The molecule has 0 spiro atoms. The van der Waals surface area contributed by atoms with E-state index in [2.05, 4.69) is 0 Å². The number of aliphatic hydroxyl groups is 1. The molecule has 114 valence electrons. The van der Waals surface area contributed by atoms with Crippen LogP contribution in [0.3, 0.4) is 0 Å². The number of rotatable bonds is 5. The van der Waals surface area contributed by atoms with Crippen LogP contribution in [-0.4, -0.2) is 40.8 Å². The molecule has 19 heavy (non-hydrogen) atoms. The van der Waals surface area contributed by atoms with Crippen LogP contribution in [0.1, 0.15) is 34.6 Å². The molecule has 0 amide bonds. The van der Waals surface area contributed by atoms with E-state index in [9.17, 15) is 18.7 Å². The molecule has 3 atom stereocenters. The Balaban J connectivity index is 4.94. The molecule has 0 aromatic rings. The maximum absolute atomic E-state index is 13.9. The third-order valence-electron chi connectivity index (χ3n) is 2.60. The standard InChI is InChI=1S/C12H24F2N2O3/c1-6(2)7(15)9(17)12(13,14)8(16)10(18)19-11(3,4)5/h6-9,17H,15-16H2,1-5H3. The molecule has 0 saturated heterocycles. The third-order valence-corrected chi connectivity index (χ3v) is 2.60. The number of alkyl halides is 2. The van der Waals surface area contributed by atoms with Crippen LogP contribution < -0.4 is 11.5 Å². The van der Waals surface area contributed by atoms with Crippen molar-refractivity contribution < 1.29 is 23.4 Å². The minimum Gasteiger partial charge on any atom is -0.459 e. The van der Waals surface area contributed by atoms with Crippen molar-refractivity contribution in [3.63, 3.8) is 0 Å². The first-order valence-electron chi connectivity index (χ1n) is 6.10. The van der Waals surface area contributed by atoms with Gasteiger partial charge in [0.1, 0.15) is 11.7 Å². The molecule has 0 aliphatic carbocycles. The highest BCUT2D eigenvalue weighted by Gasteiger charge is 2.52. The number of hydrogen-bond acceptors (Lipinski definition) is 5. The SMILES string of the molecule is CC(C)C(N)C(O)C(F)(F)C(N)C(=O)OC(C)(C)C. The molecule has 0 bridgehead atoms. The molecule has 0 fully saturated rings. The van der Waals surface area contributed by atoms with E-state index in [0.29, 0.717) is 0 Å². The van der Waals surface area contributed by atoms with Gasteiger partial charge in [-0.25, -0.2) is 8.78 Å². The minimum absolute atomic E-state index is 0.383. The number of ether oxygens (including phenoxy) is 1. The van der Waals surface area contributed by atoms with E-state index in [0.717, 1.165) is 0 Å². The lowest BCUT2D eigenvalue weighted by Crippen LogP contribution is -2.61. The topological polar surface area (TPSA) is 98.6 Å². The number of halogens is 2. The number of aliphatic hydroxyl groups excluding tert-OH is 1. The summed E-state index contributed by atoms with van der Waals surface area (Å²) < 4.78 is 32.6. The van der Waals surface area contributed by atoms with Crippen LogP contribution in [0.2, 0.25) is 0 Å². The first kappa shape index (κ1) is 18.2. The summed E-state index contributed by atoms with van der Waals surface area (Å²) >= 11 is 0. The predicted octanol–water partition coefficient (Wildman–Crippen LogP) is 0.635. The van der Waals surface area contributed by atoms with Gasteiger partial charge in [0.05, 0.1) is 0 Å². The molecular formula is C12H24F2N2O3. The minimum atomic E-state index is -3.86. The van der Waals surface area contributed by atoms with Crippen molar-refractivity contribution >= 4 is 5.97 Å². The van der Waals surface area contributed by atoms with Gasteiger partial charge in [0.25, 0.3) is 5.92 Å². The van der Waals surface area contributed by atoms with Gasteiger partial charge in [-0.05, 0) is 26.7 Å². The molecule has 0 heterocycles. The Morgan fingerprint density at radius 2 is 1.63 bits per heavy atom. The van der Waals surface area contributed by atoms with Gasteiger partial charge in [-0.15, -0.1) is 0 Å². The largest absolute Gasteiger partial charge is 0.459 e. The second-order valence-electron chi connectivity index (χ2n) is 5.95. The fourth-order valence-electron chi connectivity index (χ4n) is 1.33. The van der Waals surface area contributed by atoms with Gasteiger partial charge in [0.15, 0.2) is 6.04 Å². The first-order chi connectivity index (χ1) is 8.30. The lowest BCUT2D eigenvalue weighted by molar-refractivity contribution is -0.180. The average Bonchev–Trinajstić information content (AvgIpc) is 2.23. The van der Waals surface area contributed by atoms with E-state index in [1.807, 2.05) is 0 Å². The molecule has 0 saturated carbocycles. The Kier molecular flexibility index (Phi) is 5.85. The average molecular weight is 282 g/mol. The summed E-state index contributed by atoms with van der Waals surface area (Å²) in [6.07, 6.45) is -2.21. The van der Waals surface area contributed by atoms with Crippen LogP contribution in [-0.2, 0) is 9.53 Å². The van der Waals surface area contributed by atoms with Gasteiger partial charge in [-0.2, -0.15) is 0 Å². The van der Waals surface area contributed by atoms with Crippen LogP contribution in [0.4, 0.5) is 8.78 Å². The van der Waals surface area contributed by atoms with Crippen LogP contribution >= 0.6 is 0 Å². The number of nitrogens with two attached hydrogens (primary N) is 2. The van der Waals surface area contributed by atoms with E-state index < -0.39 is 35.7 Å². The van der Waals surface area contributed by atoms with Gasteiger partial charge in [-0.1, -0.05) is 13.8 Å². The maximum Gasteiger partial charge on any atom is 0.329 e. The zero-order valence-electron chi connectivity index (χ0n) is 12.0. The van der Waals surface area contributed by atoms with Crippen molar-refractivity contribution in [3.05, 3.63) is 0 Å². The summed E-state index contributed by atoms with van der Waals surface area (Å²) in [7, 11) is 0. The molecule has 0 aromatic carbocycles. The van der Waals surface area contributed by atoms with Gasteiger partial charge in [0, 0.05) is 6.04 Å². The Bertz CT molecular complexity index is 317. The summed E-state index contributed by atoms with van der Waals surface area (Å²) in [5.74, 6) is -5.51. The third kappa shape index (κ3) is 5.00. The summed E-state index contributed by atoms with van der Waals surface area (Å²) in [6, 6.07) is -3.45. The normalized spacial score (nSPS) is 18.1. The quantitative estimate of drug-likeness (QED) is 0.643. The molecule has 5 nitrogen and oxygen atoms in total. The molecule has 0 aliphatic heterocycles. The Morgan fingerprint density at radius 3 is 1.95 bits per heavy atom. The molecule has 0 aromatic heterocycles. The highest BCUT2D eigenvalue weighted by molar-refractivity contribution is 5.77. The molecule has 3 unspecified atom stereocenters. The summed E-state index contributed by atoms with van der Waals surface area (Å²) in [5, 5.41) is 9.57. The van der Waals surface area contributed by atoms with Gasteiger partial charge in [0.2, 0.25) is 0 Å². The molecule has 0 radical (unpaired) electrons. The highest BCUT2D eigenvalue weighted by atomic mass is 19.3. The van der Waals surface area contributed by atoms with E-state index in [4.69, 9.17) is 16.2 Å². The van der Waals surface area contributed by atoms with Crippen molar-refractivity contribution in [1.82, 2.24) is 0 Å². The van der Waals surface area contributed by atoms with E-state index in [1.54, 1.807) is 13.8 Å². The second kappa shape index (κ2) is 6.11. The van der Waals surface area contributed by atoms with E-state index in [-0.39, 0.29) is 5.92 Å². The Labute approximate surface area is 112 Å². The molecule has 5 N–H and O–H groups in total. The zero-order valence-corrected chi connectivity index (χ0v) is 12.0. The Morgan fingerprint density at radius 1 is 1.21 bits per heavy atom. The summed E-state index contributed by atoms with van der Waals surface area (Å²) in [5.41, 5.74) is 9.74. The molecule has 7 heteroatoms. The number of hydrogen-bond donors (Lipinski definition) is 3. The van der Waals surface area contributed by atoms with Crippen molar-refractivity contribution in [1.29, 1.82) is 0 Å². The lowest BCUT2D eigenvalue weighted by Gasteiger charge is -2.33. The highest BCUT2D eigenvalue weighted by Crippen LogP contribution is 2.27. The lowest BCUT2D eigenvalue weighted by atomic mass is 9.92. The van der Waals surface area contributed by atoms with Crippen LogP contribution in [0.5, 0.6) is 0 Å². The summed E-state index contributed by atoms with van der Waals surface area (Å²) in [4.78, 5) is 11.5. The first-order valence-corrected chi connectivity index (χ1v) is 6.10. The maximum atomic E-state index is 13.9. The van der Waals surface area contributed by atoms with E-state index >= 15 is 0 Å². The van der Waals surface area contributed by atoms with E-state index in [1.165, 1.54) is 20.8 Å². The second-order valence-corrected chi connectivity index (χ2v) is 5.95. The van der Waals surface area contributed by atoms with Gasteiger partial charge < -0.3 is 21.3 Å². The van der Waals surface area contributed by atoms with Crippen molar-refractivity contribution in [2.24, 2.45) is 17.4 Å². The fourth-order valence-corrected chi connectivity index (χ4v) is 1.33. The number of esters is 1. The van der Waals surface area contributed by atoms with Crippen molar-refractivity contribution in [2.45, 2.75) is 64.3 Å². The molecule has 0 aliphatic rings. The molecule has 0 rings (SSSR count). The smallest absolute Gasteiger partial charge is 0.329 e. The van der Waals surface area contributed by atoms with Crippen LogP contribution in [0.25, 0.3) is 0 Å². The van der Waals surface area contributed by atoms with Gasteiger partial charge in [-0.3, -0.25) is 4.79 Å². The van der Waals surface area contributed by atoms with Gasteiger partial charge >= 0.3 is 5.97 Å². The van der Waals surface area contributed by atoms with Crippen molar-refractivity contribution in [3.8, 4) is 0 Å². The molecular weight excluding hydrogens is 258 g/mol. The predicted molar refractivity (Wildman–Crippen MR) is 67.6 cm³/mol. The number of carbonyl (C=O) groups excluding carboxylic acids is 1. The zero-order chi connectivity index (χ0) is 15.6. The van der Waals surface area contributed by atoms with Crippen LogP contribution in [0, 0.1) is 5.92 Å². The monoisotopic (exact) mass is 282 g/mol. The Hall–Kier alpha value is -0.790. The van der Waals surface area contributed by atoms with Crippen LogP contribution in [0.15, 0.2) is 0 Å². The summed E-state index contributed by atoms with van der Waals surface area (Å²) in [6.45, 7) is 7.77. The van der Waals surface area contributed by atoms with Crippen molar-refractivity contribution in [2.75, 3.05) is 0 Å². The fraction of sp³-hybridized carbons (Fsp3) is 0.917.